The maximum absolute atomic E-state index is 12.7. The van der Waals surface area contributed by atoms with Gasteiger partial charge in [0.2, 0.25) is 5.91 Å². The normalized spacial score (nSPS) is 14.8. The molecule has 0 radical (unpaired) electrons. The van der Waals surface area contributed by atoms with E-state index < -0.39 is 0 Å². The zero-order chi connectivity index (χ0) is 21.9. The predicted molar refractivity (Wildman–Crippen MR) is 131 cm³/mol. The molecule has 5 rings (SSSR count). The van der Waals surface area contributed by atoms with Crippen molar-refractivity contribution in [1.82, 2.24) is 14.9 Å². The van der Waals surface area contributed by atoms with E-state index in [1.54, 1.807) is 0 Å². The van der Waals surface area contributed by atoms with Crippen LogP contribution in [0.3, 0.4) is 0 Å². The highest BCUT2D eigenvalue weighted by Crippen LogP contribution is 2.30. The Hall–Kier alpha value is -3.34. The molecule has 0 spiro atoms. The Kier molecular flexibility index (Phi) is 5.80. The second-order valence-corrected chi connectivity index (χ2v) is 8.82. The molecule has 1 aliphatic rings. The number of hydrogen-bond donors (Lipinski definition) is 1. The topological polar surface area (TPSA) is 50.2 Å². The lowest BCUT2D eigenvalue weighted by Crippen LogP contribution is -2.41. The van der Waals surface area contributed by atoms with E-state index in [0.717, 1.165) is 51.0 Å². The minimum atomic E-state index is 0.105. The van der Waals surface area contributed by atoms with Crippen LogP contribution in [-0.4, -0.2) is 35.1 Å². The van der Waals surface area contributed by atoms with E-state index in [-0.39, 0.29) is 11.8 Å². The molecule has 0 atom stereocenters. The molecule has 5 heteroatoms. The van der Waals surface area contributed by atoms with Gasteiger partial charge >= 0.3 is 0 Å². The zero-order valence-corrected chi connectivity index (χ0v) is 18.6. The molecule has 1 aliphatic heterocycles. The standard InChI is InChI=1S/C27H30N4O/c1-20-7-8-24-23(19-20)26(9-14-28-24)31-17-11-22(12-18-31)27(32)29-13-4-15-30-16-10-21-5-2-3-6-25(21)30/h2-3,5-10,14,16,19,22H,4,11-13,15,17-18H2,1H3,(H,29,32). The largest absolute Gasteiger partial charge is 0.371 e. The molecule has 1 saturated heterocycles. The van der Waals surface area contributed by atoms with Crippen molar-refractivity contribution in [2.45, 2.75) is 32.7 Å². The van der Waals surface area contributed by atoms with Crippen molar-refractivity contribution in [3.05, 3.63) is 72.6 Å². The third kappa shape index (κ3) is 4.20. The molecule has 0 aliphatic carbocycles. The number of aromatic nitrogens is 2. The fourth-order valence-corrected chi connectivity index (χ4v) is 4.84. The Morgan fingerprint density at radius 3 is 2.81 bits per heavy atom. The van der Waals surface area contributed by atoms with Crippen molar-refractivity contribution in [3.8, 4) is 0 Å². The number of amides is 1. The van der Waals surface area contributed by atoms with Gasteiger partial charge in [0, 0.05) is 61.1 Å². The van der Waals surface area contributed by atoms with E-state index >= 15 is 0 Å². The molecule has 2 aromatic carbocycles. The maximum atomic E-state index is 12.7. The van der Waals surface area contributed by atoms with Crippen molar-refractivity contribution < 1.29 is 4.79 Å². The summed E-state index contributed by atoms with van der Waals surface area (Å²) >= 11 is 0. The summed E-state index contributed by atoms with van der Waals surface area (Å²) in [4.78, 5) is 19.6. The number of hydrogen-bond acceptors (Lipinski definition) is 3. The van der Waals surface area contributed by atoms with E-state index in [1.807, 2.05) is 6.20 Å². The van der Waals surface area contributed by atoms with Gasteiger partial charge in [-0.15, -0.1) is 0 Å². The number of nitrogens with one attached hydrogen (secondary N) is 1. The summed E-state index contributed by atoms with van der Waals surface area (Å²) in [5.74, 6) is 0.311. The van der Waals surface area contributed by atoms with Crippen LogP contribution in [0.2, 0.25) is 0 Å². The van der Waals surface area contributed by atoms with Gasteiger partial charge in [-0.25, -0.2) is 0 Å². The van der Waals surface area contributed by atoms with Gasteiger partial charge in [-0.2, -0.15) is 0 Å². The summed E-state index contributed by atoms with van der Waals surface area (Å²) in [5.41, 5.74) is 4.76. The summed E-state index contributed by atoms with van der Waals surface area (Å²) in [6.45, 7) is 5.56. The van der Waals surface area contributed by atoms with Crippen LogP contribution in [0.4, 0.5) is 5.69 Å². The SMILES string of the molecule is Cc1ccc2nccc(N3CCC(C(=O)NCCCn4ccc5ccccc54)CC3)c2c1. The lowest BCUT2D eigenvalue weighted by molar-refractivity contribution is -0.125. The summed E-state index contributed by atoms with van der Waals surface area (Å²) in [6.07, 6.45) is 6.74. The lowest BCUT2D eigenvalue weighted by Gasteiger charge is -2.33. The van der Waals surface area contributed by atoms with Gasteiger partial charge in [-0.3, -0.25) is 9.78 Å². The summed E-state index contributed by atoms with van der Waals surface area (Å²) < 4.78 is 2.26. The predicted octanol–water partition coefficient (Wildman–Crippen LogP) is 4.92. The Balaban J connectivity index is 1.12. The van der Waals surface area contributed by atoms with Gasteiger partial charge in [0.25, 0.3) is 0 Å². The molecule has 164 valence electrons. The molecule has 2 aromatic heterocycles. The van der Waals surface area contributed by atoms with Gasteiger partial charge in [-0.1, -0.05) is 29.8 Å². The second-order valence-electron chi connectivity index (χ2n) is 8.82. The molecule has 0 saturated carbocycles. The minimum absolute atomic E-state index is 0.105. The molecule has 0 bridgehead atoms. The zero-order valence-electron chi connectivity index (χ0n) is 18.6. The number of piperidine rings is 1. The van der Waals surface area contributed by atoms with Crippen LogP contribution < -0.4 is 10.2 Å². The molecule has 32 heavy (non-hydrogen) atoms. The third-order valence-electron chi connectivity index (χ3n) is 6.64. The number of carbonyl (C=O) groups is 1. The van der Waals surface area contributed by atoms with Gasteiger partial charge in [-0.05, 0) is 61.9 Å². The molecule has 3 heterocycles. The van der Waals surface area contributed by atoms with E-state index in [4.69, 9.17) is 0 Å². The first-order valence-corrected chi connectivity index (χ1v) is 11.6. The molecule has 1 amide bonds. The quantitative estimate of drug-likeness (QED) is 0.445. The summed E-state index contributed by atoms with van der Waals surface area (Å²) in [7, 11) is 0. The highest BCUT2D eigenvalue weighted by molar-refractivity contribution is 5.92. The fourth-order valence-electron chi connectivity index (χ4n) is 4.84. The number of aryl methyl sites for hydroxylation is 2. The molecule has 1 N–H and O–H groups in total. The minimum Gasteiger partial charge on any atom is -0.371 e. The van der Waals surface area contributed by atoms with E-state index in [9.17, 15) is 4.79 Å². The van der Waals surface area contributed by atoms with Gasteiger partial charge in [0.1, 0.15) is 0 Å². The van der Waals surface area contributed by atoms with Crippen molar-refractivity contribution in [2.24, 2.45) is 5.92 Å². The van der Waals surface area contributed by atoms with E-state index in [2.05, 4.69) is 87.5 Å². The Bertz CT molecular complexity index is 1240. The number of para-hydroxylation sites is 1. The van der Waals surface area contributed by atoms with Gasteiger partial charge in [0.15, 0.2) is 0 Å². The van der Waals surface area contributed by atoms with Crippen molar-refractivity contribution in [2.75, 3.05) is 24.5 Å². The fraction of sp³-hybridized carbons (Fsp3) is 0.333. The Morgan fingerprint density at radius 1 is 1.09 bits per heavy atom. The van der Waals surface area contributed by atoms with E-state index in [1.165, 1.54) is 27.5 Å². The number of fused-ring (bicyclic) bond motifs is 2. The van der Waals surface area contributed by atoms with Gasteiger partial charge < -0.3 is 14.8 Å². The number of anilines is 1. The first-order chi connectivity index (χ1) is 15.7. The van der Waals surface area contributed by atoms with Crippen LogP contribution in [0.15, 0.2) is 67.0 Å². The molecule has 0 unspecified atom stereocenters. The second kappa shape index (κ2) is 9.03. The first-order valence-electron chi connectivity index (χ1n) is 11.6. The summed E-state index contributed by atoms with van der Waals surface area (Å²) in [6, 6.07) is 19.1. The van der Waals surface area contributed by atoms with Crippen molar-refractivity contribution in [3.63, 3.8) is 0 Å². The number of pyridine rings is 1. The monoisotopic (exact) mass is 426 g/mol. The van der Waals surface area contributed by atoms with Crippen LogP contribution >= 0.6 is 0 Å². The van der Waals surface area contributed by atoms with Crippen LogP contribution in [-0.2, 0) is 11.3 Å². The summed E-state index contributed by atoms with van der Waals surface area (Å²) in [5, 5.41) is 5.64. The maximum Gasteiger partial charge on any atom is 0.223 e. The van der Waals surface area contributed by atoms with Crippen LogP contribution in [0, 0.1) is 12.8 Å². The smallest absolute Gasteiger partial charge is 0.223 e. The van der Waals surface area contributed by atoms with E-state index in [0.29, 0.717) is 0 Å². The van der Waals surface area contributed by atoms with Crippen molar-refractivity contribution in [1.29, 1.82) is 0 Å². The highest BCUT2D eigenvalue weighted by Gasteiger charge is 2.25. The number of nitrogens with zero attached hydrogens (tertiary/aromatic N) is 3. The average Bonchev–Trinajstić information content (AvgIpc) is 3.24. The molecule has 5 nitrogen and oxygen atoms in total. The van der Waals surface area contributed by atoms with Crippen LogP contribution in [0.25, 0.3) is 21.8 Å². The average molecular weight is 427 g/mol. The third-order valence-corrected chi connectivity index (χ3v) is 6.64. The molecular weight excluding hydrogens is 396 g/mol. The molecule has 4 aromatic rings. The Labute approximate surface area is 189 Å². The number of carbonyl (C=O) groups excluding carboxylic acids is 1. The molecular formula is C27H30N4O. The molecule has 1 fully saturated rings. The number of rotatable bonds is 6. The van der Waals surface area contributed by atoms with Crippen LogP contribution in [0.1, 0.15) is 24.8 Å². The lowest BCUT2D eigenvalue weighted by atomic mass is 9.95. The highest BCUT2D eigenvalue weighted by atomic mass is 16.1. The first kappa shape index (κ1) is 20.6. The van der Waals surface area contributed by atoms with Crippen molar-refractivity contribution >= 4 is 33.4 Å². The Morgan fingerprint density at radius 2 is 1.94 bits per heavy atom. The number of benzene rings is 2. The van der Waals surface area contributed by atoms with Gasteiger partial charge in [0.05, 0.1) is 5.52 Å². The van der Waals surface area contributed by atoms with Crippen LogP contribution in [0.5, 0.6) is 0 Å².